The molecule has 0 aliphatic heterocycles. The molecular formula is C16H14FN3. The van der Waals surface area contributed by atoms with E-state index in [9.17, 15) is 4.39 Å². The van der Waals surface area contributed by atoms with Crippen LogP contribution in [0.25, 0.3) is 22.4 Å². The molecule has 1 aliphatic rings. The molecule has 4 heteroatoms. The highest BCUT2D eigenvalue weighted by Crippen LogP contribution is 2.42. The lowest BCUT2D eigenvalue weighted by atomic mass is 10.1. The van der Waals surface area contributed by atoms with Gasteiger partial charge in [0.2, 0.25) is 0 Å². The fourth-order valence-corrected chi connectivity index (χ4v) is 2.67. The van der Waals surface area contributed by atoms with Crippen molar-refractivity contribution in [3.05, 3.63) is 48.3 Å². The summed E-state index contributed by atoms with van der Waals surface area (Å²) in [6.45, 7) is 0. The molecule has 2 aromatic carbocycles. The molecule has 1 aromatic heterocycles. The molecule has 0 spiro atoms. The van der Waals surface area contributed by atoms with Gasteiger partial charge in [0.25, 0.3) is 0 Å². The van der Waals surface area contributed by atoms with E-state index in [0.29, 0.717) is 11.7 Å². The molecule has 20 heavy (non-hydrogen) atoms. The normalized spacial score (nSPS) is 14.8. The zero-order chi connectivity index (χ0) is 13.7. The molecule has 100 valence electrons. The SMILES string of the molecule is Nc1cc(F)ccc1-c1nc2ccccc2n1C1CC1. The van der Waals surface area contributed by atoms with Gasteiger partial charge < -0.3 is 10.3 Å². The zero-order valence-electron chi connectivity index (χ0n) is 10.9. The van der Waals surface area contributed by atoms with Crippen LogP contribution in [-0.4, -0.2) is 9.55 Å². The van der Waals surface area contributed by atoms with Gasteiger partial charge in [0, 0.05) is 17.3 Å². The summed E-state index contributed by atoms with van der Waals surface area (Å²) in [6.07, 6.45) is 2.32. The van der Waals surface area contributed by atoms with Crippen LogP contribution in [-0.2, 0) is 0 Å². The van der Waals surface area contributed by atoms with Gasteiger partial charge in [0.1, 0.15) is 11.6 Å². The van der Waals surface area contributed by atoms with Crippen LogP contribution in [0, 0.1) is 5.82 Å². The number of hydrogen-bond donors (Lipinski definition) is 1. The van der Waals surface area contributed by atoms with Crippen molar-refractivity contribution in [3.8, 4) is 11.4 Å². The number of benzene rings is 2. The second kappa shape index (κ2) is 4.07. The van der Waals surface area contributed by atoms with Crippen LogP contribution in [0.1, 0.15) is 18.9 Å². The number of rotatable bonds is 2. The lowest BCUT2D eigenvalue weighted by Gasteiger charge is -2.09. The van der Waals surface area contributed by atoms with Crippen LogP contribution in [0.5, 0.6) is 0 Å². The van der Waals surface area contributed by atoms with Gasteiger partial charge in [-0.15, -0.1) is 0 Å². The first-order valence-electron chi connectivity index (χ1n) is 6.76. The van der Waals surface area contributed by atoms with E-state index < -0.39 is 0 Å². The molecule has 3 nitrogen and oxygen atoms in total. The van der Waals surface area contributed by atoms with E-state index in [1.54, 1.807) is 6.07 Å². The van der Waals surface area contributed by atoms with Gasteiger partial charge in [-0.25, -0.2) is 9.37 Å². The molecule has 1 saturated carbocycles. The molecule has 0 bridgehead atoms. The zero-order valence-corrected chi connectivity index (χ0v) is 10.9. The number of nitrogens with zero attached hydrogens (tertiary/aromatic N) is 2. The van der Waals surface area contributed by atoms with Crippen LogP contribution in [0.3, 0.4) is 0 Å². The Kier molecular flexibility index (Phi) is 2.33. The van der Waals surface area contributed by atoms with Crippen molar-refractivity contribution in [2.45, 2.75) is 18.9 Å². The minimum atomic E-state index is -0.319. The minimum absolute atomic E-state index is 0.319. The molecule has 0 saturated heterocycles. The van der Waals surface area contributed by atoms with Gasteiger partial charge in [-0.2, -0.15) is 0 Å². The monoisotopic (exact) mass is 267 g/mol. The first-order valence-corrected chi connectivity index (χ1v) is 6.76. The molecule has 0 amide bonds. The Morgan fingerprint density at radius 1 is 1.15 bits per heavy atom. The summed E-state index contributed by atoms with van der Waals surface area (Å²) in [5.41, 5.74) is 9.28. The van der Waals surface area contributed by atoms with Crippen LogP contribution < -0.4 is 5.73 Å². The summed E-state index contributed by atoms with van der Waals surface area (Å²) < 4.78 is 15.5. The van der Waals surface area contributed by atoms with E-state index >= 15 is 0 Å². The highest BCUT2D eigenvalue weighted by molar-refractivity contribution is 5.84. The van der Waals surface area contributed by atoms with Crippen molar-refractivity contribution in [2.75, 3.05) is 5.73 Å². The molecule has 0 unspecified atom stereocenters. The van der Waals surface area contributed by atoms with Gasteiger partial charge in [-0.3, -0.25) is 0 Å². The van der Waals surface area contributed by atoms with E-state index in [1.165, 1.54) is 12.1 Å². The third kappa shape index (κ3) is 1.68. The second-order valence-corrected chi connectivity index (χ2v) is 5.26. The Balaban J connectivity index is 2.01. The molecular weight excluding hydrogens is 253 g/mol. The van der Waals surface area contributed by atoms with Crippen molar-refractivity contribution in [2.24, 2.45) is 0 Å². The number of aromatic nitrogens is 2. The van der Waals surface area contributed by atoms with Crippen molar-refractivity contribution < 1.29 is 4.39 Å². The van der Waals surface area contributed by atoms with Gasteiger partial charge in [-0.1, -0.05) is 12.1 Å². The predicted molar refractivity (Wildman–Crippen MR) is 77.8 cm³/mol. The smallest absolute Gasteiger partial charge is 0.143 e. The number of nitrogens with two attached hydrogens (primary N) is 1. The average Bonchev–Trinajstić information content (AvgIpc) is 3.19. The first kappa shape index (κ1) is 11.5. The number of imidazole rings is 1. The summed E-state index contributed by atoms with van der Waals surface area (Å²) >= 11 is 0. The predicted octanol–water partition coefficient (Wildman–Crippen LogP) is 3.76. The lowest BCUT2D eigenvalue weighted by molar-refractivity contribution is 0.628. The molecule has 2 N–H and O–H groups in total. The third-order valence-corrected chi connectivity index (χ3v) is 3.76. The first-order chi connectivity index (χ1) is 9.74. The Morgan fingerprint density at radius 3 is 2.70 bits per heavy atom. The molecule has 3 aromatic rings. The summed E-state index contributed by atoms with van der Waals surface area (Å²) in [5.74, 6) is 0.520. The number of anilines is 1. The summed E-state index contributed by atoms with van der Waals surface area (Å²) in [4.78, 5) is 4.70. The summed E-state index contributed by atoms with van der Waals surface area (Å²) in [5, 5.41) is 0. The fourth-order valence-electron chi connectivity index (χ4n) is 2.67. The average molecular weight is 267 g/mol. The molecule has 0 atom stereocenters. The van der Waals surface area contributed by atoms with E-state index in [1.807, 2.05) is 18.2 Å². The van der Waals surface area contributed by atoms with Crippen LogP contribution in [0.4, 0.5) is 10.1 Å². The largest absolute Gasteiger partial charge is 0.398 e. The number of para-hydroxylation sites is 2. The molecule has 0 radical (unpaired) electrons. The number of hydrogen-bond acceptors (Lipinski definition) is 2. The van der Waals surface area contributed by atoms with Crippen LogP contribution in [0.15, 0.2) is 42.5 Å². The van der Waals surface area contributed by atoms with Crippen LogP contribution >= 0.6 is 0 Å². The Bertz CT molecular complexity index is 803. The van der Waals surface area contributed by atoms with Gasteiger partial charge >= 0.3 is 0 Å². The third-order valence-electron chi connectivity index (χ3n) is 3.76. The number of nitrogen functional groups attached to an aromatic ring is 1. The minimum Gasteiger partial charge on any atom is -0.398 e. The van der Waals surface area contributed by atoms with E-state index in [0.717, 1.165) is 35.3 Å². The highest BCUT2D eigenvalue weighted by Gasteiger charge is 2.29. The maximum absolute atomic E-state index is 13.2. The molecule has 1 aliphatic carbocycles. The quantitative estimate of drug-likeness (QED) is 0.718. The Morgan fingerprint density at radius 2 is 1.95 bits per heavy atom. The number of halogens is 1. The van der Waals surface area contributed by atoms with E-state index in [2.05, 4.69) is 10.6 Å². The van der Waals surface area contributed by atoms with Crippen LogP contribution in [0.2, 0.25) is 0 Å². The lowest BCUT2D eigenvalue weighted by Crippen LogP contribution is -2.00. The Labute approximate surface area is 115 Å². The van der Waals surface area contributed by atoms with Gasteiger partial charge in [0.05, 0.1) is 11.0 Å². The van der Waals surface area contributed by atoms with E-state index in [-0.39, 0.29) is 5.82 Å². The summed E-state index contributed by atoms with van der Waals surface area (Å²) in [6, 6.07) is 13.0. The second-order valence-electron chi connectivity index (χ2n) is 5.26. The fraction of sp³-hybridized carbons (Fsp3) is 0.188. The topological polar surface area (TPSA) is 43.8 Å². The summed E-state index contributed by atoms with van der Waals surface area (Å²) in [7, 11) is 0. The standard InChI is InChI=1S/C16H14FN3/c17-10-5-8-12(13(18)9-10)16-19-14-3-1-2-4-15(14)20(16)11-6-7-11/h1-5,8-9,11H,6-7,18H2. The van der Waals surface area contributed by atoms with Gasteiger partial charge in [-0.05, 0) is 43.2 Å². The van der Waals surface area contributed by atoms with Crippen molar-refractivity contribution in [1.82, 2.24) is 9.55 Å². The van der Waals surface area contributed by atoms with Gasteiger partial charge in [0.15, 0.2) is 0 Å². The maximum Gasteiger partial charge on any atom is 0.143 e. The number of fused-ring (bicyclic) bond motifs is 1. The molecule has 4 rings (SSSR count). The maximum atomic E-state index is 13.2. The van der Waals surface area contributed by atoms with Crippen molar-refractivity contribution >= 4 is 16.7 Å². The van der Waals surface area contributed by atoms with Crippen molar-refractivity contribution in [1.29, 1.82) is 0 Å². The molecule has 1 fully saturated rings. The van der Waals surface area contributed by atoms with Crippen molar-refractivity contribution in [3.63, 3.8) is 0 Å². The highest BCUT2D eigenvalue weighted by atomic mass is 19.1. The molecule has 1 heterocycles. The van der Waals surface area contributed by atoms with E-state index in [4.69, 9.17) is 10.7 Å². The Hall–Kier alpha value is -2.36.